The predicted molar refractivity (Wildman–Crippen MR) is 111 cm³/mol. The van der Waals surface area contributed by atoms with Gasteiger partial charge in [0.25, 0.3) is 11.8 Å². The monoisotopic (exact) mass is 420 g/mol. The van der Waals surface area contributed by atoms with Gasteiger partial charge in [0, 0.05) is 25.2 Å². The van der Waals surface area contributed by atoms with Crippen LogP contribution in [-0.2, 0) is 4.79 Å². The van der Waals surface area contributed by atoms with Crippen molar-refractivity contribution < 1.29 is 14.1 Å². The topological polar surface area (TPSA) is 129 Å². The van der Waals surface area contributed by atoms with E-state index in [1.807, 2.05) is 18.2 Å². The van der Waals surface area contributed by atoms with E-state index in [4.69, 9.17) is 9.26 Å². The highest BCUT2D eigenvalue weighted by molar-refractivity contribution is 5.80. The molecule has 1 amide bonds. The second-order valence-electron chi connectivity index (χ2n) is 7.20. The van der Waals surface area contributed by atoms with E-state index in [0.717, 1.165) is 0 Å². The molecule has 158 valence electrons. The molecular weight excluding hydrogens is 400 g/mol. The molecule has 2 aromatic heterocycles. The summed E-state index contributed by atoms with van der Waals surface area (Å²) in [5.41, 5.74) is 1.78. The molecule has 1 unspecified atom stereocenters. The molecule has 0 aliphatic carbocycles. The maximum atomic E-state index is 12.8. The Hall–Kier alpha value is -3.92. The number of aromatic nitrogens is 4. The molecule has 4 aromatic rings. The zero-order chi connectivity index (χ0) is 21.2. The Morgan fingerprint density at radius 1 is 1.16 bits per heavy atom. The van der Waals surface area contributed by atoms with Gasteiger partial charge in [0.05, 0.1) is 11.0 Å². The van der Waals surface area contributed by atoms with Gasteiger partial charge in [-0.3, -0.25) is 4.79 Å². The van der Waals surface area contributed by atoms with E-state index in [-0.39, 0.29) is 18.2 Å². The molecule has 2 aromatic carbocycles. The second kappa shape index (κ2) is 8.07. The predicted octanol–water partition coefficient (Wildman–Crippen LogP) is 1.46. The minimum atomic E-state index is -0.391. The van der Waals surface area contributed by atoms with E-state index in [9.17, 15) is 9.59 Å². The summed E-state index contributed by atoms with van der Waals surface area (Å²) in [6, 6.07) is 14.2. The van der Waals surface area contributed by atoms with Gasteiger partial charge in [0.2, 0.25) is 5.82 Å². The molecule has 0 saturated carbocycles. The molecule has 31 heavy (non-hydrogen) atoms. The molecule has 1 aliphatic rings. The van der Waals surface area contributed by atoms with Gasteiger partial charge in [-0.2, -0.15) is 4.98 Å². The number of para-hydroxylation sites is 1. The Morgan fingerprint density at radius 3 is 2.87 bits per heavy atom. The van der Waals surface area contributed by atoms with Crippen molar-refractivity contribution in [3.05, 3.63) is 64.9 Å². The number of rotatable bonds is 5. The van der Waals surface area contributed by atoms with Crippen LogP contribution in [0.5, 0.6) is 5.75 Å². The van der Waals surface area contributed by atoms with E-state index in [1.54, 1.807) is 35.2 Å². The van der Waals surface area contributed by atoms with Crippen molar-refractivity contribution in [2.24, 2.45) is 0 Å². The van der Waals surface area contributed by atoms with Crippen molar-refractivity contribution >= 4 is 16.9 Å². The fourth-order valence-electron chi connectivity index (χ4n) is 3.63. The lowest BCUT2D eigenvalue weighted by atomic mass is 10.1. The van der Waals surface area contributed by atoms with Crippen molar-refractivity contribution in [2.45, 2.75) is 6.04 Å². The van der Waals surface area contributed by atoms with Gasteiger partial charge in [-0.1, -0.05) is 23.4 Å². The van der Waals surface area contributed by atoms with Crippen molar-refractivity contribution in [1.82, 2.24) is 30.3 Å². The molecule has 3 N–H and O–H groups in total. The summed E-state index contributed by atoms with van der Waals surface area (Å²) in [5.74, 6) is 1.22. The van der Waals surface area contributed by atoms with Gasteiger partial charge in [0.15, 0.2) is 6.61 Å². The first-order chi connectivity index (χ1) is 15.2. The summed E-state index contributed by atoms with van der Waals surface area (Å²) >= 11 is 0. The number of benzene rings is 2. The summed E-state index contributed by atoms with van der Waals surface area (Å²) in [6.45, 7) is 1.61. The van der Waals surface area contributed by atoms with E-state index in [0.29, 0.717) is 53.7 Å². The molecule has 10 heteroatoms. The smallest absolute Gasteiger partial charge is 0.323 e. The lowest BCUT2D eigenvalue weighted by Crippen LogP contribution is -2.50. The highest BCUT2D eigenvalue weighted by Gasteiger charge is 2.32. The molecule has 1 atom stereocenters. The summed E-state index contributed by atoms with van der Waals surface area (Å²) in [7, 11) is 0. The van der Waals surface area contributed by atoms with Crippen LogP contribution in [0, 0.1) is 0 Å². The van der Waals surface area contributed by atoms with Crippen LogP contribution in [0.2, 0.25) is 0 Å². The van der Waals surface area contributed by atoms with E-state index in [1.165, 1.54) is 0 Å². The van der Waals surface area contributed by atoms with Gasteiger partial charge in [-0.15, -0.1) is 0 Å². The van der Waals surface area contributed by atoms with Crippen LogP contribution < -0.4 is 15.7 Å². The number of hydrogen-bond acceptors (Lipinski definition) is 7. The van der Waals surface area contributed by atoms with Crippen LogP contribution in [-0.4, -0.2) is 57.2 Å². The number of H-pyrrole nitrogens is 2. The SMILES string of the molecule is O=C(COc1ccccc1)N1CCNCC1c1nc(-c2ccc3[nH]c(=O)[nH]c3c2)no1. The zero-order valence-corrected chi connectivity index (χ0v) is 16.5. The van der Waals surface area contributed by atoms with E-state index in [2.05, 4.69) is 25.4 Å². The fourth-order valence-corrected chi connectivity index (χ4v) is 3.63. The van der Waals surface area contributed by atoms with Gasteiger partial charge in [-0.05, 0) is 30.3 Å². The Morgan fingerprint density at radius 2 is 2.00 bits per heavy atom. The number of piperazine rings is 1. The normalized spacial score (nSPS) is 16.5. The molecule has 0 spiro atoms. The minimum absolute atomic E-state index is 0.0704. The van der Waals surface area contributed by atoms with Gasteiger partial charge in [-0.25, -0.2) is 4.79 Å². The first-order valence-corrected chi connectivity index (χ1v) is 9.91. The number of fused-ring (bicyclic) bond motifs is 1. The molecule has 0 bridgehead atoms. The van der Waals surface area contributed by atoms with Crippen LogP contribution >= 0.6 is 0 Å². The average Bonchev–Trinajstić information content (AvgIpc) is 3.43. The first kappa shape index (κ1) is 19.1. The molecule has 3 heterocycles. The van der Waals surface area contributed by atoms with Gasteiger partial charge >= 0.3 is 5.69 Å². The average molecular weight is 420 g/mol. The first-order valence-electron chi connectivity index (χ1n) is 9.91. The third-order valence-electron chi connectivity index (χ3n) is 5.17. The number of aromatic amines is 2. The minimum Gasteiger partial charge on any atom is -0.484 e. The summed E-state index contributed by atoms with van der Waals surface area (Å²) in [5, 5.41) is 7.34. The highest BCUT2D eigenvalue weighted by atomic mass is 16.5. The largest absolute Gasteiger partial charge is 0.484 e. The quantitative estimate of drug-likeness (QED) is 0.446. The van der Waals surface area contributed by atoms with Crippen LogP contribution in [0.4, 0.5) is 0 Å². The Labute approximate surface area is 176 Å². The molecule has 5 rings (SSSR count). The summed E-state index contributed by atoms with van der Waals surface area (Å²) in [6.07, 6.45) is 0. The number of ether oxygens (including phenoxy) is 1. The number of amides is 1. The number of nitrogens with zero attached hydrogens (tertiary/aromatic N) is 3. The van der Waals surface area contributed by atoms with Gasteiger partial charge < -0.3 is 29.4 Å². The maximum Gasteiger partial charge on any atom is 0.323 e. The molecule has 1 saturated heterocycles. The zero-order valence-electron chi connectivity index (χ0n) is 16.5. The molecule has 1 fully saturated rings. The van der Waals surface area contributed by atoms with Crippen LogP contribution in [0.3, 0.4) is 0 Å². The lowest BCUT2D eigenvalue weighted by molar-refractivity contribution is -0.137. The van der Waals surface area contributed by atoms with Gasteiger partial charge in [0.1, 0.15) is 11.8 Å². The Balaban J connectivity index is 1.34. The van der Waals surface area contributed by atoms with Crippen molar-refractivity contribution in [1.29, 1.82) is 0 Å². The van der Waals surface area contributed by atoms with Crippen LogP contribution in [0.25, 0.3) is 22.4 Å². The number of nitrogens with one attached hydrogen (secondary N) is 3. The standard InChI is InChI=1S/C21H20N6O4/c28-18(12-30-14-4-2-1-3-5-14)27-9-8-22-11-17(27)20-25-19(26-31-20)13-6-7-15-16(10-13)24-21(29)23-15/h1-7,10,17,22H,8-9,11-12H2,(H2,23,24,29). The highest BCUT2D eigenvalue weighted by Crippen LogP contribution is 2.25. The number of hydrogen-bond donors (Lipinski definition) is 3. The number of carbonyl (C=O) groups excluding carboxylic acids is 1. The van der Waals surface area contributed by atoms with Crippen molar-refractivity contribution in [2.75, 3.05) is 26.2 Å². The molecular formula is C21H20N6O4. The second-order valence-corrected chi connectivity index (χ2v) is 7.20. The fraction of sp³-hybridized carbons (Fsp3) is 0.238. The van der Waals surface area contributed by atoms with Crippen molar-refractivity contribution in [3.8, 4) is 17.1 Å². The number of imidazole rings is 1. The van der Waals surface area contributed by atoms with Crippen LogP contribution in [0.1, 0.15) is 11.9 Å². The molecule has 10 nitrogen and oxygen atoms in total. The van der Waals surface area contributed by atoms with E-state index >= 15 is 0 Å². The van der Waals surface area contributed by atoms with Crippen LogP contribution in [0.15, 0.2) is 57.8 Å². The molecule has 0 radical (unpaired) electrons. The Kier molecular flexibility index (Phi) is 4.97. The third kappa shape index (κ3) is 3.92. The summed E-state index contributed by atoms with van der Waals surface area (Å²) < 4.78 is 11.1. The van der Waals surface area contributed by atoms with E-state index < -0.39 is 6.04 Å². The third-order valence-corrected chi connectivity index (χ3v) is 5.17. The summed E-state index contributed by atoms with van der Waals surface area (Å²) in [4.78, 5) is 35.9. The maximum absolute atomic E-state index is 12.8. The number of carbonyl (C=O) groups is 1. The van der Waals surface area contributed by atoms with Crippen molar-refractivity contribution in [3.63, 3.8) is 0 Å². The Bertz CT molecular complexity index is 1260. The lowest BCUT2D eigenvalue weighted by Gasteiger charge is -2.33. The molecule has 1 aliphatic heterocycles.